The highest BCUT2D eigenvalue weighted by Crippen LogP contribution is 2.23. The van der Waals surface area contributed by atoms with Gasteiger partial charge in [0.2, 0.25) is 5.95 Å². The molecule has 0 radical (unpaired) electrons. The largest absolute Gasteiger partial charge is 0.497 e. The van der Waals surface area contributed by atoms with Crippen molar-refractivity contribution >= 4 is 11.6 Å². The summed E-state index contributed by atoms with van der Waals surface area (Å²) in [5.41, 5.74) is 2.79. The molecule has 0 unspecified atom stereocenters. The van der Waals surface area contributed by atoms with Crippen LogP contribution < -0.4 is 15.6 Å². The minimum atomic E-state index is -0.453. The summed E-state index contributed by atoms with van der Waals surface area (Å²) in [5.74, 6) is 0.710. The van der Waals surface area contributed by atoms with Crippen molar-refractivity contribution in [3.8, 4) is 5.75 Å². The normalized spacial score (nSPS) is 10.6. The Kier molecular flexibility index (Phi) is 4.97. The third-order valence-electron chi connectivity index (χ3n) is 3.88. The van der Waals surface area contributed by atoms with E-state index in [-0.39, 0.29) is 18.3 Å². The van der Waals surface area contributed by atoms with Crippen LogP contribution in [0.3, 0.4) is 0 Å². The Balaban J connectivity index is 1.94. The third-order valence-corrected chi connectivity index (χ3v) is 3.88. The van der Waals surface area contributed by atoms with Crippen molar-refractivity contribution in [2.24, 2.45) is 0 Å². The van der Waals surface area contributed by atoms with Gasteiger partial charge < -0.3 is 10.1 Å². The molecule has 2 aromatic carbocycles. The second-order valence-electron chi connectivity index (χ2n) is 6.02. The Morgan fingerprint density at radius 3 is 2.69 bits per heavy atom. The number of aromatic nitrogens is 3. The molecular formula is C19H19FN4O2. The Morgan fingerprint density at radius 1 is 1.19 bits per heavy atom. The molecule has 1 N–H and O–H groups in total. The van der Waals surface area contributed by atoms with Crippen molar-refractivity contribution in [2.45, 2.75) is 20.4 Å². The van der Waals surface area contributed by atoms with Crippen LogP contribution in [0.5, 0.6) is 5.75 Å². The number of methoxy groups -OCH3 is 1. The molecule has 0 spiro atoms. The lowest BCUT2D eigenvalue weighted by atomic mass is 10.1. The molecule has 6 nitrogen and oxygen atoms in total. The van der Waals surface area contributed by atoms with Gasteiger partial charge >= 0.3 is 0 Å². The molecule has 0 aliphatic heterocycles. The fraction of sp³-hybridized carbons (Fsp3) is 0.211. The van der Waals surface area contributed by atoms with Crippen LogP contribution in [0.4, 0.5) is 16.0 Å². The molecule has 3 rings (SSSR count). The van der Waals surface area contributed by atoms with E-state index in [4.69, 9.17) is 4.74 Å². The van der Waals surface area contributed by atoms with E-state index in [1.807, 2.05) is 38.1 Å². The molecule has 1 heterocycles. The van der Waals surface area contributed by atoms with Gasteiger partial charge in [-0.25, -0.2) is 9.07 Å². The summed E-state index contributed by atoms with van der Waals surface area (Å²) >= 11 is 0. The summed E-state index contributed by atoms with van der Waals surface area (Å²) in [5, 5.41) is 7.25. The van der Waals surface area contributed by atoms with E-state index in [2.05, 4.69) is 15.4 Å². The lowest BCUT2D eigenvalue weighted by Crippen LogP contribution is -2.19. The number of rotatable bonds is 5. The van der Waals surface area contributed by atoms with Crippen LogP contribution in [-0.4, -0.2) is 21.9 Å². The van der Waals surface area contributed by atoms with Crippen LogP contribution in [0.25, 0.3) is 0 Å². The fourth-order valence-electron chi connectivity index (χ4n) is 2.67. The zero-order valence-corrected chi connectivity index (χ0v) is 14.8. The highest BCUT2D eigenvalue weighted by atomic mass is 19.1. The average Bonchev–Trinajstić information content (AvgIpc) is 2.58. The van der Waals surface area contributed by atoms with Gasteiger partial charge in [-0.3, -0.25) is 4.79 Å². The van der Waals surface area contributed by atoms with E-state index < -0.39 is 5.56 Å². The second kappa shape index (κ2) is 7.35. The minimum Gasteiger partial charge on any atom is -0.497 e. The summed E-state index contributed by atoms with van der Waals surface area (Å²) in [7, 11) is 1.60. The van der Waals surface area contributed by atoms with E-state index >= 15 is 0 Å². The number of benzene rings is 2. The molecule has 26 heavy (non-hydrogen) atoms. The van der Waals surface area contributed by atoms with Gasteiger partial charge in [-0.2, -0.15) is 10.1 Å². The predicted octanol–water partition coefficient (Wildman–Crippen LogP) is 3.19. The molecule has 0 aliphatic carbocycles. The second-order valence-corrected chi connectivity index (χ2v) is 6.02. The first-order valence-electron chi connectivity index (χ1n) is 8.06. The molecule has 7 heteroatoms. The average molecular weight is 354 g/mol. The van der Waals surface area contributed by atoms with E-state index in [1.54, 1.807) is 7.11 Å². The van der Waals surface area contributed by atoms with Crippen LogP contribution in [-0.2, 0) is 6.54 Å². The quantitative estimate of drug-likeness (QED) is 0.762. The first-order chi connectivity index (χ1) is 12.4. The van der Waals surface area contributed by atoms with Crippen molar-refractivity contribution in [3.63, 3.8) is 0 Å². The van der Waals surface area contributed by atoms with Crippen LogP contribution in [0.1, 0.15) is 16.7 Å². The van der Waals surface area contributed by atoms with Crippen molar-refractivity contribution in [1.29, 1.82) is 0 Å². The van der Waals surface area contributed by atoms with Crippen LogP contribution in [0, 0.1) is 19.7 Å². The molecular weight excluding hydrogens is 335 g/mol. The monoisotopic (exact) mass is 354 g/mol. The standard InChI is InChI=1S/C19H19FN4O2/c1-12-6-14(9-15(20)7-12)11-24-19(23-18(25)10-21-24)22-17-5-4-16(26-3)8-13(17)2/h4-10H,11H2,1-3H3,(H,22,23,25). The van der Waals surface area contributed by atoms with Crippen LogP contribution >= 0.6 is 0 Å². The molecule has 0 bridgehead atoms. The zero-order valence-electron chi connectivity index (χ0n) is 14.8. The minimum absolute atomic E-state index is 0.281. The van der Waals surface area contributed by atoms with E-state index in [0.29, 0.717) is 0 Å². The smallest absolute Gasteiger partial charge is 0.293 e. The predicted molar refractivity (Wildman–Crippen MR) is 97.5 cm³/mol. The topological polar surface area (TPSA) is 69.0 Å². The van der Waals surface area contributed by atoms with E-state index in [1.165, 1.54) is 16.8 Å². The molecule has 3 aromatic rings. The summed E-state index contributed by atoms with van der Waals surface area (Å²) in [6.45, 7) is 4.02. The Hall–Kier alpha value is -3.22. The Morgan fingerprint density at radius 2 is 2.00 bits per heavy atom. The number of ether oxygens (including phenoxy) is 1. The lowest BCUT2D eigenvalue weighted by Gasteiger charge is -2.14. The maximum absolute atomic E-state index is 13.6. The first-order valence-corrected chi connectivity index (χ1v) is 8.06. The maximum Gasteiger partial charge on any atom is 0.293 e. The number of nitrogens with zero attached hydrogens (tertiary/aromatic N) is 3. The number of halogens is 1. The number of hydrogen-bond donors (Lipinski definition) is 1. The van der Waals surface area contributed by atoms with Gasteiger partial charge in [-0.1, -0.05) is 6.07 Å². The SMILES string of the molecule is COc1ccc(Nc2nc(=O)cnn2Cc2cc(C)cc(F)c2)c(C)c1. The van der Waals surface area contributed by atoms with Gasteiger partial charge in [0.05, 0.1) is 13.7 Å². The highest BCUT2D eigenvalue weighted by Gasteiger charge is 2.09. The maximum atomic E-state index is 13.6. The lowest BCUT2D eigenvalue weighted by molar-refractivity contribution is 0.414. The summed E-state index contributed by atoms with van der Waals surface area (Å²) in [4.78, 5) is 15.7. The molecule has 1 aromatic heterocycles. The van der Waals surface area contributed by atoms with Crippen molar-refractivity contribution in [3.05, 3.63) is 75.5 Å². The molecule has 0 amide bonds. The zero-order chi connectivity index (χ0) is 18.7. The third kappa shape index (κ3) is 4.05. The molecule has 0 aliphatic rings. The highest BCUT2D eigenvalue weighted by molar-refractivity contribution is 5.59. The molecule has 0 saturated heterocycles. The van der Waals surface area contributed by atoms with Crippen molar-refractivity contribution in [2.75, 3.05) is 12.4 Å². The fourth-order valence-corrected chi connectivity index (χ4v) is 2.67. The summed E-state index contributed by atoms with van der Waals surface area (Å²) < 4.78 is 20.4. The number of hydrogen-bond acceptors (Lipinski definition) is 5. The summed E-state index contributed by atoms with van der Waals surface area (Å²) in [6.07, 6.45) is 1.14. The first kappa shape index (κ1) is 17.6. The summed E-state index contributed by atoms with van der Waals surface area (Å²) in [6, 6.07) is 10.3. The van der Waals surface area contributed by atoms with Gasteiger partial charge in [0, 0.05) is 5.69 Å². The molecule has 0 saturated carbocycles. The Labute approximate surface area is 150 Å². The van der Waals surface area contributed by atoms with Crippen molar-refractivity contribution in [1.82, 2.24) is 14.8 Å². The van der Waals surface area contributed by atoms with Gasteiger partial charge in [0.1, 0.15) is 17.8 Å². The van der Waals surface area contributed by atoms with Crippen molar-refractivity contribution < 1.29 is 9.13 Å². The molecule has 0 atom stereocenters. The van der Waals surface area contributed by atoms with E-state index in [0.717, 1.165) is 34.3 Å². The van der Waals surface area contributed by atoms with Crippen LogP contribution in [0.15, 0.2) is 47.4 Å². The van der Waals surface area contributed by atoms with Gasteiger partial charge in [0.25, 0.3) is 5.56 Å². The Bertz CT molecular complexity index is 981. The number of aryl methyl sites for hydroxylation is 2. The van der Waals surface area contributed by atoms with Gasteiger partial charge in [-0.05, 0) is 60.9 Å². The molecule has 134 valence electrons. The number of anilines is 2. The van der Waals surface area contributed by atoms with E-state index in [9.17, 15) is 9.18 Å². The van der Waals surface area contributed by atoms with Gasteiger partial charge in [0.15, 0.2) is 0 Å². The molecule has 0 fully saturated rings. The van der Waals surface area contributed by atoms with Gasteiger partial charge in [-0.15, -0.1) is 0 Å². The number of nitrogens with one attached hydrogen (secondary N) is 1. The van der Waals surface area contributed by atoms with Crippen LogP contribution in [0.2, 0.25) is 0 Å².